The SMILES string of the molecule is CC1CCC(c2noc(CCC(N)c3ccccc3)n2)C1. The van der Waals surface area contributed by atoms with Crippen LogP contribution in [0.15, 0.2) is 34.9 Å². The number of nitrogens with two attached hydrogens (primary N) is 1. The molecule has 2 aromatic rings. The summed E-state index contributed by atoms with van der Waals surface area (Å²) in [6.07, 6.45) is 5.21. The minimum absolute atomic E-state index is 0.0213. The maximum absolute atomic E-state index is 6.20. The Hall–Kier alpha value is -1.68. The first-order chi connectivity index (χ1) is 10.2. The highest BCUT2D eigenvalue weighted by molar-refractivity contribution is 5.18. The van der Waals surface area contributed by atoms with Gasteiger partial charge in [0.2, 0.25) is 5.89 Å². The Morgan fingerprint density at radius 1 is 1.29 bits per heavy atom. The van der Waals surface area contributed by atoms with Gasteiger partial charge >= 0.3 is 0 Å². The lowest BCUT2D eigenvalue weighted by Gasteiger charge is -2.09. The van der Waals surface area contributed by atoms with E-state index in [2.05, 4.69) is 29.2 Å². The lowest BCUT2D eigenvalue weighted by atomic mass is 10.0. The minimum atomic E-state index is 0.0213. The van der Waals surface area contributed by atoms with Gasteiger partial charge in [0, 0.05) is 18.4 Å². The predicted octanol–water partition coefficient (Wildman–Crippen LogP) is 3.61. The summed E-state index contributed by atoms with van der Waals surface area (Å²) in [7, 11) is 0. The highest BCUT2D eigenvalue weighted by Crippen LogP contribution is 2.36. The number of benzene rings is 1. The third kappa shape index (κ3) is 3.50. The van der Waals surface area contributed by atoms with Crippen molar-refractivity contribution in [3.63, 3.8) is 0 Å². The quantitative estimate of drug-likeness (QED) is 0.911. The molecule has 4 nitrogen and oxygen atoms in total. The fourth-order valence-corrected chi connectivity index (χ4v) is 3.12. The van der Waals surface area contributed by atoms with Gasteiger partial charge in [0.1, 0.15) is 0 Å². The van der Waals surface area contributed by atoms with Gasteiger partial charge in [-0.25, -0.2) is 0 Å². The van der Waals surface area contributed by atoms with E-state index in [1.54, 1.807) is 0 Å². The molecule has 2 N–H and O–H groups in total. The number of rotatable bonds is 5. The first-order valence-electron chi connectivity index (χ1n) is 7.85. The van der Waals surface area contributed by atoms with E-state index in [1.807, 2.05) is 18.2 Å². The molecule has 1 saturated carbocycles. The van der Waals surface area contributed by atoms with Crippen LogP contribution in [0.5, 0.6) is 0 Å². The third-order valence-electron chi connectivity index (χ3n) is 4.44. The summed E-state index contributed by atoms with van der Waals surface area (Å²) in [4.78, 5) is 4.56. The Morgan fingerprint density at radius 2 is 2.10 bits per heavy atom. The average Bonchev–Trinajstić information content (AvgIpc) is 3.14. The van der Waals surface area contributed by atoms with Gasteiger partial charge in [0.15, 0.2) is 5.82 Å². The second kappa shape index (κ2) is 6.39. The summed E-state index contributed by atoms with van der Waals surface area (Å²) < 4.78 is 5.38. The summed E-state index contributed by atoms with van der Waals surface area (Å²) in [5, 5.41) is 4.16. The molecule has 0 bridgehead atoms. The second-order valence-electron chi connectivity index (χ2n) is 6.22. The molecule has 4 heteroatoms. The van der Waals surface area contributed by atoms with Crippen LogP contribution in [0.3, 0.4) is 0 Å². The zero-order chi connectivity index (χ0) is 14.7. The Morgan fingerprint density at radius 3 is 2.81 bits per heavy atom. The van der Waals surface area contributed by atoms with Crippen LogP contribution >= 0.6 is 0 Å². The van der Waals surface area contributed by atoms with Crippen LogP contribution in [-0.2, 0) is 6.42 Å². The number of hydrogen-bond acceptors (Lipinski definition) is 4. The monoisotopic (exact) mass is 285 g/mol. The molecule has 1 aliphatic rings. The molecule has 1 fully saturated rings. The van der Waals surface area contributed by atoms with Crippen molar-refractivity contribution in [3.8, 4) is 0 Å². The van der Waals surface area contributed by atoms with Crippen LogP contribution in [0.4, 0.5) is 0 Å². The summed E-state index contributed by atoms with van der Waals surface area (Å²) >= 11 is 0. The van der Waals surface area contributed by atoms with E-state index in [0.29, 0.717) is 5.92 Å². The molecule has 3 unspecified atom stereocenters. The standard InChI is InChI=1S/C17H23N3O/c1-12-7-8-14(11-12)17-19-16(21-20-17)10-9-15(18)13-5-3-2-4-6-13/h2-6,12,14-15H,7-11,18H2,1H3. The van der Waals surface area contributed by atoms with E-state index in [9.17, 15) is 0 Å². The van der Waals surface area contributed by atoms with Crippen LogP contribution < -0.4 is 5.73 Å². The minimum Gasteiger partial charge on any atom is -0.339 e. The maximum atomic E-state index is 6.20. The second-order valence-corrected chi connectivity index (χ2v) is 6.22. The van der Waals surface area contributed by atoms with Crippen molar-refractivity contribution in [1.29, 1.82) is 0 Å². The van der Waals surface area contributed by atoms with Gasteiger partial charge in [-0.2, -0.15) is 4.98 Å². The Balaban J connectivity index is 1.55. The first-order valence-corrected chi connectivity index (χ1v) is 7.85. The third-order valence-corrected chi connectivity index (χ3v) is 4.44. The molecule has 1 aliphatic carbocycles. The molecule has 0 spiro atoms. The average molecular weight is 285 g/mol. The zero-order valence-electron chi connectivity index (χ0n) is 12.5. The Labute approximate surface area is 125 Å². The Bertz CT molecular complexity index is 566. The molecule has 0 saturated heterocycles. The molecular formula is C17H23N3O. The fraction of sp³-hybridized carbons (Fsp3) is 0.529. The number of hydrogen-bond donors (Lipinski definition) is 1. The predicted molar refractivity (Wildman–Crippen MR) is 81.7 cm³/mol. The van der Waals surface area contributed by atoms with E-state index >= 15 is 0 Å². The van der Waals surface area contributed by atoms with Crippen molar-refractivity contribution in [2.75, 3.05) is 0 Å². The van der Waals surface area contributed by atoms with Gasteiger partial charge < -0.3 is 10.3 Å². The molecule has 1 aromatic heterocycles. The summed E-state index contributed by atoms with van der Waals surface area (Å²) in [6, 6.07) is 10.2. The molecule has 3 atom stereocenters. The Kier molecular flexibility index (Phi) is 4.34. The molecule has 0 amide bonds. The number of aromatic nitrogens is 2. The molecule has 112 valence electrons. The summed E-state index contributed by atoms with van der Waals surface area (Å²) in [5.41, 5.74) is 7.35. The van der Waals surface area contributed by atoms with Crippen LogP contribution in [0.2, 0.25) is 0 Å². The lowest BCUT2D eigenvalue weighted by Crippen LogP contribution is -2.11. The highest BCUT2D eigenvalue weighted by Gasteiger charge is 2.26. The van der Waals surface area contributed by atoms with Crippen LogP contribution in [0, 0.1) is 5.92 Å². The van der Waals surface area contributed by atoms with Crippen LogP contribution in [0.1, 0.15) is 61.8 Å². The van der Waals surface area contributed by atoms with Crippen molar-refractivity contribution in [1.82, 2.24) is 10.1 Å². The van der Waals surface area contributed by atoms with E-state index in [1.165, 1.54) is 19.3 Å². The molecule has 3 rings (SSSR count). The normalized spacial score (nSPS) is 23.3. The van der Waals surface area contributed by atoms with Crippen molar-refractivity contribution in [3.05, 3.63) is 47.6 Å². The van der Waals surface area contributed by atoms with Crippen LogP contribution in [0.25, 0.3) is 0 Å². The topological polar surface area (TPSA) is 64.9 Å². The maximum Gasteiger partial charge on any atom is 0.226 e. The van der Waals surface area contributed by atoms with Gasteiger partial charge in [-0.05, 0) is 37.2 Å². The molecule has 1 heterocycles. The number of aryl methyl sites for hydroxylation is 1. The van der Waals surface area contributed by atoms with Gasteiger partial charge in [0.05, 0.1) is 0 Å². The van der Waals surface area contributed by atoms with E-state index in [4.69, 9.17) is 10.3 Å². The van der Waals surface area contributed by atoms with E-state index in [0.717, 1.165) is 36.0 Å². The van der Waals surface area contributed by atoms with E-state index in [-0.39, 0.29) is 6.04 Å². The van der Waals surface area contributed by atoms with Crippen molar-refractivity contribution in [2.45, 2.75) is 51.0 Å². The first kappa shape index (κ1) is 14.3. The molecule has 0 aliphatic heterocycles. The molecule has 0 radical (unpaired) electrons. The number of nitrogens with zero attached hydrogens (tertiary/aromatic N) is 2. The summed E-state index contributed by atoms with van der Waals surface area (Å²) in [5.74, 6) is 2.88. The molecule has 21 heavy (non-hydrogen) atoms. The zero-order valence-corrected chi connectivity index (χ0v) is 12.5. The van der Waals surface area contributed by atoms with Crippen molar-refractivity contribution < 1.29 is 4.52 Å². The van der Waals surface area contributed by atoms with Gasteiger partial charge in [-0.1, -0.05) is 42.4 Å². The van der Waals surface area contributed by atoms with Gasteiger partial charge in [-0.15, -0.1) is 0 Å². The van der Waals surface area contributed by atoms with Gasteiger partial charge in [-0.3, -0.25) is 0 Å². The smallest absolute Gasteiger partial charge is 0.226 e. The largest absolute Gasteiger partial charge is 0.339 e. The van der Waals surface area contributed by atoms with E-state index < -0.39 is 0 Å². The lowest BCUT2D eigenvalue weighted by molar-refractivity contribution is 0.363. The fourth-order valence-electron chi connectivity index (χ4n) is 3.12. The van der Waals surface area contributed by atoms with Gasteiger partial charge in [0.25, 0.3) is 0 Å². The molecular weight excluding hydrogens is 262 g/mol. The van der Waals surface area contributed by atoms with Crippen molar-refractivity contribution >= 4 is 0 Å². The highest BCUT2D eigenvalue weighted by atomic mass is 16.5. The summed E-state index contributed by atoms with van der Waals surface area (Å²) in [6.45, 7) is 2.29. The van der Waals surface area contributed by atoms with Crippen LogP contribution in [-0.4, -0.2) is 10.1 Å². The molecule has 1 aromatic carbocycles. The van der Waals surface area contributed by atoms with Crippen molar-refractivity contribution in [2.24, 2.45) is 11.7 Å².